The number of hydrogen-bond acceptors (Lipinski definition) is 4. The number of nitrogens with zero attached hydrogens (tertiary/aromatic N) is 3. The summed E-state index contributed by atoms with van der Waals surface area (Å²) in [6, 6.07) is 9.17. The standard InChI is InChI=1S/C18H18BrN5O2/c1-11(2)24-17-12(9-22-24)7-13(8-20-17)18(26)21-10-16(25)23-15-6-4-3-5-14(15)19/h3-9,11H,10H2,1-2H3,(H,21,26)(H,23,25). The first-order chi connectivity index (χ1) is 12.5. The third kappa shape index (κ3) is 3.91. The molecule has 3 aromatic rings. The summed E-state index contributed by atoms with van der Waals surface area (Å²) in [6.07, 6.45) is 3.17. The van der Waals surface area contributed by atoms with Crippen molar-refractivity contribution in [2.45, 2.75) is 19.9 Å². The molecule has 2 N–H and O–H groups in total. The Morgan fingerprint density at radius 3 is 2.73 bits per heavy atom. The lowest BCUT2D eigenvalue weighted by molar-refractivity contribution is -0.115. The topological polar surface area (TPSA) is 88.9 Å². The van der Waals surface area contributed by atoms with Crippen LogP contribution in [0.3, 0.4) is 0 Å². The lowest BCUT2D eigenvalue weighted by atomic mass is 10.2. The van der Waals surface area contributed by atoms with Gasteiger partial charge in [0.05, 0.1) is 24.0 Å². The molecule has 7 nitrogen and oxygen atoms in total. The predicted molar refractivity (Wildman–Crippen MR) is 103 cm³/mol. The number of aromatic nitrogens is 3. The summed E-state index contributed by atoms with van der Waals surface area (Å²) in [6.45, 7) is 3.89. The summed E-state index contributed by atoms with van der Waals surface area (Å²) in [5.41, 5.74) is 1.76. The quantitative estimate of drug-likeness (QED) is 0.669. The van der Waals surface area contributed by atoms with Crippen LogP contribution < -0.4 is 10.6 Å². The molecular weight excluding hydrogens is 398 g/mol. The largest absolute Gasteiger partial charge is 0.343 e. The minimum atomic E-state index is -0.362. The van der Waals surface area contributed by atoms with Crippen LogP contribution >= 0.6 is 15.9 Å². The highest BCUT2D eigenvalue weighted by atomic mass is 79.9. The van der Waals surface area contributed by atoms with Gasteiger partial charge in [-0.05, 0) is 48.0 Å². The molecule has 2 heterocycles. The van der Waals surface area contributed by atoms with E-state index in [1.54, 1.807) is 23.0 Å². The van der Waals surface area contributed by atoms with Crippen LogP contribution in [0.4, 0.5) is 5.69 Å². The second-order valence-corrected chi connectivity index (χ2v) is 6.88. The maximum absolute atomic E-state index is 12.3. The molecule has 0 radical (unpaired) electrons. The Morgan fingerprint density at radius 2 is 2.00 bits per heavy atom. The van der Waals surface area contributed by atoms with Crippen LogP contribution in [-0.2, 0) is 4.79 Å². The number of anilines is 1. The molecule has 134 valence electrons. The summed E-state index contributed by atoms with van der Waals surface area (Å²) in [7, 11) is 0. The van der Waals surface area contributed by atoms with Crippen molar-refractivity contribution in [3.05, 3.63) is 52.8 Å². The maximum Gasteiger partial charge on any atom is 0.253 e. The molecule has 0 fully saturated rings. The van der Waals surface area contributed by atoms with Gasteiger partial charge >= 0.3 is 0 Å². The lowest BCUT2D eigenvalue weighted by Gasteiger charge is -2.09. The van der Waals surface area contributed by atoms with Crippen LogP contribution in [0.2, 0.25) is 0 Å². The van der Waals surface area contributed by atoms with Crippen molar-refractivity contribution in [2.75, 3.05) is 11.9 Å². The van der Waals surface area contributed by atoms with Gasteiger partial charge in [-0.1, -0.05) is 12.1 Å². The van der Waals surface area contributed by atoms with E-state index < -0.39 is 0 Å². The Balaban J connectivity index is 1.64. The number of amides is 2. The molecular formula is C18H18BrN5O2. The van der Waals surface area contributed by atoms with Crippen molar-refractivity contribution in [3.63, 3.8) is 0 Å². The zero-order valence-corrected chi connectivity index (χ0v) is 15.9. The molecule has 0 saturated carbocycles. The van der Waals surface area contributed by atoms with Crippen LogP contribution in [0.25, 0.3) is 11.0 Å². The average molecular weight is 416 g/mol. The fourth-order valence-electron chi connectivity index (χ4n) is 2.46. The molecule has 0 atom stereocenters. The number of hydrogen-bond donors (Lipinski definition) is 2. The Morgan fingerprint density at radius 1 is 1.23 bits per heavy atom. The van der Waals surface area contributed by atoms with E-state index in [0.29, 0.717) is 11.3 Å². The molecule has 0 aliphatic carbocycles. The number of rotatable bonds is 5. The normalized spacial score (nSPS) is 10.9. The van der Waals surface area contributed by atoms with Crippen LogP contribution in [0.5, 0.6) is 0 Å². The first-order valence-electron chi connectivity index (χ1n) is 8.11. The fraction of sp³-hybridized carbons (Fsp3) is 0.222. The van der Waals surface area contributed by atoms with Crippen molar-refractivity contribution in [2.24, 2.45) is 0 Å². The number of carbonyl (C=O) groups is 2. The Kier molecular flexibility index (Phi) is 5.32. The number of pyridine rings is 1. The van der Waals surface area contributed by atoms with Gasteiger partial charge in [0.2, 0.25) is 5.91 Å². The van der Waals surface area contributed by atoms with Crippen molar-refractivity contribution in [1.82, 2.24) is 20.1 Å². The van der Waals surface area contributed by atoms with Gasteiger partial charge in [-0.25, -0.2) is 9.67 Å². The summed E-state index contributed by atoms with van der Waals surface area (Å²) in [5, 5.41) is 10.4. The smallest absolute Gasteiger partial charge is 0.253 e. The Bertz CT molecular complexity index is 967. The van der Waals surface area contributed by atoms with E-state index in [9.17, 15) is 9.59 Å². The first-order valence-corrected chi connectivity index (χ1v) is 8.91. The number of benzene rings is 1. The van der Waals surface area contributed by atoms with Gasteiger partial charge in [-0.2, -0.15) is 5.10 Å². The van der Waals surface area contributed by atoms with Gasteiger partial charge < -0.3 is 10.6 Å². The summed E-state index contributed by atoms with van der Waals surface area (Å²) in [5.74, 6) is -0.675. The molecule has 1 aromatic carbocycles. The first kappa shape index (κ1) is 18.1. The van der Waals surface area contributed by atoms with E-state index in [1.165, 1.54) is 6.20 Å². The third-order valence-electron chi connectivity index (χ3n) is 3.74. The van der Waals surface area contributed by atoms with Gasteiger partial charge in [-0.3, -0.25) is 9.59 Å². The van der Waals surface area contributed by atoms with Crippen molar-refractivity contribution < 1.29 is 9.59 Å². The zero-order chi connectivity index (χ0) is 18.7. The van der Waals surface area contributed by atoms with Gasteiger partial charge in [0, 0.05) is 22.1 Å². The highest BCUT2D eigenvalue weighted by molar-refractivity contribution is 9.10. The highest BCUT2D eigenvalue weighted by Gasteiger charge is 2.13. The van der Waals surface area contributed by atoms with Crippen molar-refractivity contribution >= 4 is 44.5 Å². The van der Waals surface area contributed by atoms with E-state index >= 15 is 0 Å². The molecule has 2 amide bonds. The molecule has 8 heteroatoms. The predicted octanol–water partition coefficient (Wildman–Crippen LogP) is 3.14. The van der Waals surface area contributed by atoms with Gasteiger partial charge in [0.25, 0.3) is 5.91 Å². The molecule has 0 spiro atoms. The molecule has 0 bridgehead atoms. The van der Waals surface area contributed by atoms with Crippen LogP contribution in [0, 0.1) is 0 Å². The number of carbonyl (C=O) groups excluding carboxylic acids is 2. The van der Waals surface area contributed by atoms with Gasteiger partial charge in [0.15, 0.2) is 5.65 Å². The van der Waals surface area contributed by atoms with Crippen molar-refractivity contribution in [1.29, 1.82) is 0 Å². The van der Waals surface area contributed by atoms with E-state index in [1.807, 2.05) is 32.0 Å². The van der Waals surface area contributed by atoms with E-state index in [4.69, 9.17) is 0 Å². The summed E-state index contributed by atoms with van der Waals surface area (Å²) >= 11 is 3.36. The molecule has 0 aliphatic rings. The third-order valence-corrected chi connectivity index (χ3v) is 4.43. The monoisotopic (exact) mass is 415 g/mol. The number of nitrogens with one attached hydrogen (secondary N) is 2. The van der Waals surface area contributed by atoms with Crippen molar-refractivity contribution in [3.8, 4) is 0 Å². The fourth-order valence-corrected chi connectivity index (χ4v) is 2.85. The number of para-hydroxylation sites is 1. The van der Waals surface area contributed by atoms with Crippen LogP contribution in [0.1, 0.15) is 30.2 Å². The molecule has 0 unspecified atom stereocenters. The van der Waals surface area contributed by atoms with Gasteiger partial charge in [0.1, 0.15) is 0 Å². The second-order valence-electron chi connectivity index (χ2n) is 6.03. The average Bonchev–Trinajstić information content (AvgIpc) is 3.05. The highest BCUT2D eigenvalue weighted by Crippen LogP contribution is 2.21. The SMILES string of the molecule is CC(C)n1ncc2cc(C(=O)NCC(=O)Nc3ccccc3Br)cnc21. The molecule has 3 rings (SSSR count). The van der Waals surface area contributed by atoms with E-state index in [2.05, 4.69) is 36.6 Å². The Hall–Kier alpha value is -2.74. The van der Waals surface area contributed by atoms with E-state index in [0.717, 1.165) is 15.5 Å². The zero-order valence-electron chi connectivity index (χ0n) is 14.4. The molecule has 0 saturated heterocycles. The Labute approximate surface area is 158 Å². The number of halogens is 1. The second kappa shape index (κ2) is 7.65. The van der Waals surface area contributed by atoms with E-state index in [-0.39, 0.29) is 24.4 Å². The summed E-state index contributed by atoms with van der Waals surface area (Å²) < 4.78 is 2.57. The minimum Gasteiger partial charge on any atom is -0.343 e. The molecule has 26 heavy (non-hydrogen) atoms. The van der Waals surface area contributed by atoms with Crippen LogP contribution in [-0.4, -0.2) is 33.1 Å². The lowest BCUT2D eigenvalue weighted by Crippen LogP contribution is -2.33. The molecule has 2 aromatic heterocycles. The maximum atomic E-state index is 12.3. The minimum absolute atomic E-state index is 0.135. The number of fused-ring (bicyclic) bond motifs is 1. The van der Waals surface area contributed by atoms with Crippen LogP contribution in [0.15, 0.2) is 47.2 Å². The summed E-state index contributed by atoms with van der Waals surface area (Å²) in [4.78, 5) is 28.6. The molecule has 0 aliphatic heterocycles. The van der Waals surface area contributed by atoms with Gasteiger partial charge in [-0.15, -0.1) is 0 Å².